The first kappa shape index (κ1) is 11.1. The minimum absolute atomic E-state index is 0.276. The van der Waals surface area contributed by atoms with Gasteiger partial charge in [0.2, 0.25) is 0 Å². The van der Waals surface area contributed by atoms with E-state index in [0.717, 1.165) is 12.0 Å². The van der Waals surface area contributed by atoms with Crippen LogP contribution >= 0.6 is 15.9 Å². The zero-order valence-corrected chi connectivity index (χ0v) is 10.0. The van der Waals surface area contributed by atoms with Gasteiger partial charge in [-0.3, -0.25) is 0 Å². The van der Waals surface area contributed by atoms with Crippen molar-refractivity contribution in [3.8, 4) is 0 Å². The van der Waals surface area contributed by atoms with Crippen LogP contribution in [0.2, 0.25) is 0 Å². The van der Waals surface area contributed by atoms with E-state index in [-0.39, 0.29) is 5.82 Å². The molecule has 0 bridgehead atoms. The Balaban J connectivity index is 2.06. The van der Waals surface area contributed by atoms with Crippen molar-refractivity contribution in [3.63, 3.8) is 0 Å². The molecule has 1 aromatic carbocycles. The van der Waals surface area contributed by atoms with Crippen molar-refractivity contribution in [1.82, 2.24) is 0 Å². The lowest BCUT2D eigenvalue weighted by Crippen LogP contribution is -2.15. The molecule has 1 aliphatic rings. The maximum Gasteiger partial charge on any atom is 0.124 e. The summed E-state index contributed by atoms with van der Waals surface area (Å²) in [4.78, 5) is 0. The fourth-order valence-electron chi connectivity index (χ4n) is 1.94. The molecule has 1 fully saturated rings. The van der Waals surface area contributed by atoms with Crippen LogP contribution < -0.4 is 0 Å². The van der Waals surface area contributed by atoms with E-state index in [0.29, 0.717) is 10.4 Å². The second-order valence-electron chi connectivity index (χ2n) is 4.21. The first-order valence-electron chi connectivity index (χ1n) is 5.30. The highest BCUT2D eigenvalue weighted by molar-refractivity contribution is 9.10. The Labute approximate surface area is 97.4 Å². The van der Waals surface area contributed by atoms with Gasteiger partial charge in [0, 0.05) is 4.47 Å². The van der Waals surface area contributed by atoms with E-state index in [2.05, 4.69) is 15.9 Å². The molecule has 1 atom stereocenters. The number of aliphatic hydroxyl groups is 1. The maximum atomic E-state index is 12.8. The van der Waals surface area contributed by atoms with Crippen LogP contribution in [0.3, 0.4) is 0 Å². The fourth-order valence-corrected chi connectivity index (χ4v) is 2.56. The normalized spacial score (nSPS) is 18.6. The van der Waals surface area contributed by atoms with Gasteiger partial charge in [-0.2, -0.15) is 0 Å². The molecule has 1 nitrogen and oxygen atoms in total. The van der Waals surface area contributed by atoms with Crippen molar-refractivity contribution in [2.75, 3.05) is 0 Å². The first-order chi connectivity index (χ1) is 7.16. The van der Waals surface area contributed by atoms with Gasteiger partial charge in [-0.1, -0.05) is 41.3 Å². The van der Waals surface area contributed by atoms with Crippen LogP contribution in [0.25, 0.3) is 0 Å². The molecule has 1 unspecified atom stereocenters. The number of halogens is 2. The van der Waals surface area contributed by atoms with Gasteiger partial charge >= 0.3 is 0 Å². The smallest absolute Gasteiger partial charge is 0.124 e. The van der Waals surface area contributed by atoms with Crippen molar-refractivity contribution < 1.29 is 9.50 Å². The molecule has 0 heterocycles. The summed E-state index contributed by atoms with van der Waals surface area (Å²) < 4.78 is 13.5. The Bertz CT molecular complexity index is 349. The highest BCUT2D eigenvalue weighted by Crippen LogP contribution is 2.36. The second kappa shape index (κ2) is 4.62. The average Bonchev–Trinajstić information content (AvgIpc) is 2.11. The van der Waals surface area contributed by atoms with Gasteiger partial charge in [0.05, 0.1) is 6.10 Å². The Morgan fingerprint density at radius 2 is 2.20 bits per heavy atom. The van der Waals surface area contributed by atoms with E-state index in [9.17, 15) is 9.50 Å². The van der Waals surface area contributed by atoms with Crippen LogP contribution in [0.4, 0.5) is 4.39 Å². The van der Waals surface area contributed by atoms with Crippen molar-refractivity contribution in [1.29, 1.82) is 0 Å². The molecule has 1 aromatic rings. The molecule has 1 N–H and O–H groups in total. The van der Waals surface area contributed by atoms with Crippen molar-refractivity contribution >= 4 is 15.9 Å². The third-order valence-electron chi connectivity index (χ3n) is 3.10. The van der Waals surface area contributed by atoms with E-state index in [1.54, 1.807) is 6.07 Å². The molecule has 2 rings (SSSR count). The largest absolute Gasteiger partial charge is 0.388 e. The standard InChI is InChI=1S/C12H14BrFO/c13-11-7-9(14)4-5-10(11)12(15)6-8-2-1-3-8/h4-5,7-8,12,15H,1-3,6H2. The highest BCUT2D eigenvalue weighted by atomic mass is 79.9. The molecule has 0 aliphatic heterocycles. The van der Waals surface area contributed by atoms with Gasteiger partial charge < -0.3 is 5.11 Å². The van der Waals surface area contributed by atoms with Gasteiger partial charge in [0.25, 0.3) is 0 Å². The lowest BCUT2D eigenvalue weighted by atomic mass is 9.80. The van der Waals surface area contributed by atoms with Crippen LogP contribution in [-0.2, 0) is 0 Å². The summed E-state index contributed by atoms with van der Waals surface area (Å²) in [6.45, 7) is 0. The zero-order chi connectivity index (χ0) is 10.8. The predicted molar refractivity (Wildman–Crippen MR) is 61.0 cm³/mol. The highest BCUT2D eigenvalue weighted by Gasteiger charge is 2.22. The number of aliphatic hydroxyl groups excluding tert-OH is 1. The summed E-state index contributed by atoms with van der Waals surface area (Å²) >= 11 is 3.28. The number of hydrogen-bond donors (Lipinski definition) is 1. The predicted octanol–water partition coefficient (Wildman–Crippen LogP) is 3.81. The van der Waals surface area contributed by atoms with Crippen molar-refractivity contribution in [2.24, 2.45) is 5.92 Å². The fraction of sp³-hybridized carbons (Fsp3) is 0.500. The monoisotopic (exact) mass is 272 g/mol. The molecular formula is C12H14BrFO. The summed E-state index contributed by atoms with van der Waals surface area (Å²) in [5.41, 5.74) is 0.795. The Morgan fingerprint density at radius 3 is 2.73 bits per heavy atom. The molecule has 0 spiro atoms. The summed E-state index contributed by atoms with van der Waals surface area (Å²) in [6, 6.07) is 4.45. The summed E-state index contributed by atoms with van der Waals surface area (Å²) in [5.74, 6) is 0.374. The molecule has 0 amide bonds. The average molecular weight is 273 g/mol. The third-order valence-corrected chi connectivity index (χ3v) is 3.79. The number of rotatable bonds is 3. The Kier molecular flexibility index (Phi) is 3.42. The van der Waals surface area contributed by atoms with Gasteiger partial charge in [0.1, 0.15) is 5.82 Å². The Hall–Kier alpha value is -0.410. The Morgan fingerprint density at radius 1 is 1.47 bits per heavy atom. The van der Waals surface area contributed by atoms with Gasteiger partial charge in [-0.05, 0) is 30.0 Å². The van der Waals surface area contributed by atoms with Crippen molar-refractivity contribution in [2.45, 2.75) is 31.8 Å². The van der Waals surface area contributed by atoms with Crippen LogP contribution in [-0.4, -0.2) is 5.11 Å². The van der Waals surface area contributed by atoms with Gasteiger partial charge in [0.15, 0.2) is 0 Å². The molecule has 0 aromatic heterocycles. The van der Waals surface area contributed by atoms with E-state index < -0.39 is 6.10 Å². The van der Waals surface area contributed by atoms with Crippen LogP contribution in [0, 0.1) is 11.7 Å². The minimum Gasteiger partial charge on any atom is -0.388 e. The quantitative estimate of drug-likeness (QED) is 0.887. The van der Waals surface area contributed by atoms with Crippen molar-refractivity contribution in [3.05, 3.63) is 34.1 Å². The van der Waals surface area contributed by atoms with Gasteiger partial charge in [-0.25, -0.2) is 4.39 Å². The summed E-state index contributed by atoms with van der Waals surface area (Å²) in [7, 11) is 0. The summed E-state index contributed by atoms with van der Waals surface area (Å²) in [5, 5.41) is 9.98. The van der Waals surface area contributed by atoms with E-state index in [4.69, 9.17) is 0 Å². The zero-order valence-electron chi connectivity index (χ0n) is 8.42. The first-order valence-corrected chi connectivity index (χ1v) is 6.09. The van der Waals surface area contributed by atoms with Crippen LogP contribution in [0.1, 0.15) is 37.4 Å². The SMILES string of the molecule is OC(CC1CCC1)c1ccc(F)cc1Br. The number of hydrogen-bond acceptors (Lipinski definition) is 1. The molecule has 1 saturated carbocycles. The molecule has 0 saturated heterocycles. The molecule has 1 aliphatic carbocycles. The summed E-state index contributed by atoms with van der Waals surface area (Å²) in [6.07, 6.45) is 4.04. The van der Waals surface area contributed by atoms with Crippen LogP contribution in [0.15, 0.2) is 22.7 Å². The molecule has 0 radical (unpaired) electrons. The lowest BCUT2D eigenvalue weighted by Gasteiger charge is -2.27. The molecular weight excluding hydrogens is 259 g/mol. The minimum atomic E-state index is -0.467. The van der Waals surface area contributed by atoms with Gasteiger partial charge in [-0.15, -0.1) is 0 Å². The topological polar surface area (TPSA) is 20.2 Å². The number of benzene rings is 1. The maximum absolute atomic E-state index is 12.8. The second-order valence-corrected chi connectivity index (χ2v) is 5.07. The van der Waals surface area contributed by atoms with E-state index >= 15 is 0 Å². The van der Waals surface area contributed by atoms with Crippen LogP contribution in [0.5, 0.6) is 0 Å². The van der Waals surface area contributed by atoms with E-state index in [1.807, 2.05) is 0 Å². The molecule has 82 valence electrons. The lowest BCUT2D eigenvalue weighted by molar-refractivity contribution is 0.118. The third kappa shape index (κ3) is 2.58. The molecule has 3 heteroatoms. The van der Waals surface area contributed by atoms with E-state index in [1.165, 1.54) is 31.4 Å². The molecule has 15 heavy (non-hydrogen) atoms.